The van der Waals surface area contributed by atoms with Gasteiger partial charge in [0, 0.05) is 6.26 Å². The number of carbonyl (C=O) groups excluding carboxylic acids is 1. The Kier molecular flexibility index (Phi) is 5.38. The van der Waals surface area contributed by atoms with Crippen molar-refractivity contribution >= 4 is 15.8 Å². The number of para-hydroxylation sites is 1. The summed E-state index contributed by atoms with van der Waals surface area (Å²) in [6.45, 7) is 1.84. The van der Waals surface area contributed by atoms with Crippen LogP contribution in [-0.4, -0.2) is 49.4 Å². The molecule has 0 N–H and O–H groups in total. The van der Waals surface area contributed by atoms with Crippen molar-refractivity contribution in [1.29, 1.82) is 0 Å². The van der Waals surface area contributed by atoms with E-state index < -0.39 is 15.8 Å². The van der Waals surface area contributed by atoms with E-state index in [2.05, 4.69) is 5.10 Å². The number of carbonyl (C=O) groups is 1. The molecule has 0 aliphatic heterocycles. The van der Waals surface area contributed by atoms with Crippen molar-refractivity contribution in [1.82, 2.24) is 9.78 Å². The third kappa shape index (κ3) is 4.82. The normalized spacial score (nSPS) is 11.2. The summed E-state index contributed by atoms with van der Waals surface area (Å²) in [5.74, 6) is -0.571. The van der Waals surface area contributed by atoms with Crippen LogP contribution in [0.15, 0.2) is 36.5 Å². The van der Waals surface area contributed by atoms with Crippen LogP contribution in [-0.2, 0) is 14.6 Å². The molecule has 0 atom stereocenters. The minimum atomic E-state index is -3.15. The maximum Gasteiger partial charge on any atom is 0.362 e. The maximum atomic E-state index is 12.0. The second kappa shape index (κ2) is 7.28. The summed E-state index contributed by atoms with van der Waals surface area (Å²) >= 11 is 0. The van der Waals surface area contributed by atoms with Crippen LogP contribution < -0.4 is 4.74 Å². The van der Waals surface area contributed by atoms with Gasteiger partial charge in [0.2, 0.25) is 5.69 Å². The lowest BCUT2D eigenvalue weighted by atomic mass is 10.3. The molecule has 0 saturated carbocycles. The van der Waals surface area contributed by atoms with E-state index in [4.69, 9.17) is 9.47 Å². The summed E-state index contributed by atoms with van der Waals surface area (Å²) in [5.41, 5.74) is 0.764. The Labute approximate surface area is 134 Å². The fourth-order valence-electron chi connectivity index (χ4n) is 1.82. The van der Waals surface area contributed by atoms with Crippen LogP contribution >= 0.6 is 0 Å². The first-order chi connectivity index (χ1) is 10.9. The molecule has 1 aromatic carbocycles. The zero-order valence-electron chi connectivity index (χ0n) is 12.9. The molecular weight excluding hydrogens is 320 g/mol. The van der Waals surface area contributed by atoms with E-state index in [1.54, 1.807) is 6.92 Å². The summed E-state index contributed by atoms with van der Waals surface area (Å²) < 4.78 is 34.2. The third-order valence-corrected chi connectivity index (χ3v) is 3.79. The van der Waals surface area contributed by atoms with Gasteiger partial charge in [-0.15, -0.1) is 0 Å². The molecule has 0 radical (unpaired) electrons. The lowest BCUT2D eigenvalue weighted by molar-refractivity contribution is 0.0514. The van der Waals surface area contributed by atoms with E-state index in [1.807, 2.05) is 30.3 Å². The van der Waals surface area contributed by atoms with Crippen molar-refractivity contribution in [2.75, 3.05) is 25.2 Å². The van der Waals surface area contributed by atoms with E-state index in [1.165, 1.54) is 10.9 Å². The Morgan fingerprint density at radius 1 is 1.26 bits per heavy atom. The molecule has 7 nitrogen and oxygen atoms in total. The average molecular weight is 338 g/mol. The number of rotatable bonds is 7. The molecule has 1 aromatic heterocycles. The first kappa shape index (κ1) is 17.0. The van der Waals surface area contributed by atoms with Gasteiger partial charge >= 0.3 is 5.97 Å². The Balaban J connectivity index is 2.27. The van der Waals surface area contributed by atoms with Gasteiger partial charge in [0.15, 0.2) is 15.6 Å². The Bertz CT molecular complexity index is 768. The number of hydrogen-bond donors (Lipinski definition) is 0. The quantitative estimate of drug-likeness (QED) is 0.711. The summed E-state index contributed by atoms with van der Waals surface area (Å²) in [6.07, 6.45) is 2.65. The van der Waals surface area contributed by atoms with Crippen LogP contribution in [0, 0.1) is 0 Å². The lowest BCUT2D eigenvalue weighted by Crippen LogP contribution is -2.14. The van der Waals surface area contributed by atoms with Gasteiger partial charge in [0.25, 0.3) is 0 Å². The molecule has 0 saturated heterocycles. The Morgan fingerprint density at radius 3 is 2.57 bits per heavy atom. The van der Waals surface area contributed by atoms with Crippen LogP contribution in [0.5, 0.6) is 5.75 Å². The van der Waals surface area contributed by atoms with Gasteiger partial charge in [-0.3, -0.25) is 0 Å². The minimum absolute atomic E-state index is 0.0178. The fraction of sp³-hybridized carbons (Fsp3) is 0.333. The molecule has 2 rings (SSSR count). The summed E-state index contributed by atoms with van der Waals surface area (Å²) in [5, 5.41) is 4.18. The van der Waals surface area contributed by atoms with Crippen LogP contribution in [0.25, 0.3) is 5.69 Å². The van der Waals surface area contributed by atoms with Crippen molar-refractivity contribution in [3.8, 4) is 11.4 Å². The van der Waals surface area contributed by atoms with Crippen molar-refractivity contribution in [3.63, 3.8) is 0 Å². The molecule has 0 unspecified atom stereocenters. The number of nitrogens with zero attached hydrogens (tertiary/aromatic N) is 2. The fourth-order valence-corrected chi connectivity index (χ4v) is 2.21. The molecule has 1 heterocycles. The lowest BCUT2D eigenvalue weighted by Gasteiger charge is -2.04. The van der Waals surface area contributed by atoms with E-state index >= 15 is 0 Å². The number of benzene rings is 1. The summed E-state index contributed by atoms with van der Waals surface area (Å²) in [7, 11) is -3.15. The zero-order chi connectivity index (χ0) is 16.9. The highest BCUT2D eigenvalue weighted by molar-refractivity contribution is 7.90. The molecule has 0 spiro atoms. The second-order valence-electron chi connectivity index (χ2n) is 4.82. The molecule has 0 amide bonds. The van der Waals surface area contributed by atoms with Crippen LogP contribution in [0.1, 0.15) is 17.4 Å². The molecule has 0 aliphatic rings. The molecule has 23 heavy (non-hydrogen) atoms. The first-order valence-corrected chi connectivity index (χ1v) is 9.09. The number of esters is 1. The minimum Gasteiger partial charge on any atom is -0.488 e. The smallest absolute Gasteiger partial charge is 0.362 e. The summed E-state index contributed by atoms with van der Waals surface area (Å²) in [4.78, 5) is 12.0. The average Bonchev–Trinajstić information content (AvgIpc) is 2.91. The van der Waals surface area contributed by atoms with E-state index in [0.717, 1.165) is 11.9 Å². The highest BCUT2D eigenvalue weighted by atomic mass is 32.2. The zero-order valence-corrected chi connectivity index (χ0v) is 13.7. The highest BCUT2D eigenvalue weighted by Crippen LogP contribution is 2.21. The number of ether oxygens (including phenoxy) is 2. The topological polar surface area (TPSA) is 87.5 Å². The first-order valence-electron chi connectivity index (χ1n) is 7.03. The van der Waals surface area contributed by atoms with Crippen LogP contribution in [0.3, 0.4) is 0 Å². The molecule has 0 bridgehead atoms. The number of aromatic nitrogens is 2. The Morgan fingerprint density at radius 2 is 1.96 bits per heavy atom. The third-order valence-electron chi connectivity index (χ3n) is 2.88. The predicted octanol–water partition coefficient (Wildman–Crippen LogP) is 1.47. The van der Waals surface area contributed by atoms with Gasteiger partial charge in [-0.1, -0.05) is 18.2 Å². The van der Waals surface area contributed by atoms with Gasteiger partial charge in [-0.05, 0) is 19.1 Å². The Hall–Kier alpha value is -2.35. The van der Waals surface area contributed by atoms with Gasteiger partial charge in [0.05, 0.1) is 24.2 Å². The number of sulfone groups is 1. The molecule has 0 aliphatic carbocycles. The molecular formula is C15H18N2O5S. The van der Waals surface area contributed by atoms with Gasteiger partial charge < -0.3 is 9.47 Å². The van der Waals surface area contributed by atoms with E-state index in [9.17, 15) is 13.2 Å². The van der Waals surface area contributed by atoms with Crippen LogP contribution in [0.4, 0.5) is 0 Å². The maximum absolute atomic E-state index is 12.0. The van der Waals surface area contributed by atoms with Crippen LogP contribution in [0.2, 0.25) is 0 Å². The second-order valence-corrected chi connectivity index (χ2v) is 7.08. The van der Waals surface area contributed by atoms with E-state index in [0.29, 0.717) is 0 Å². The molecule has 8 heteroatoms. The highest BCUT2D eigenvalue weighted by Gasteiger charge is 2.20. The largest absolute Gasteiger partial charge is 0.488 e. The molecule has 0 fully saturated rings. The monoisotopic (exact) mass is 338 g/mol. The standard InChI is InChI=1S/C15H18N2O5S/c1-3-21-15(18)14-13(22-9-10-23(2,19)20)11-17(16-14)12-7-5-4-6-8-12/h4-8,11H,3,9-10H2,1-2H3. The number of hydrogen-bond acceptors (Lipinski definition) is 6. The van der Waals surface area contributed by atoms with Crippen molar-refractivity contribution < 1.29 is 22.7 Å². The van der Waals surface area contributed by atoms with Crippen molar-refractivity contribution in [2.24, 2.45) is 0 Å². The van der Waals surface area contributed by atoms with Gasteiger partial charge in [-0.2, -0.15) is 5.10 Å². The summed E-state index contributed by atoms with van der Waals surface area (Å²) in [6, 6.07) is 9.18. The molecule has 2 aromatic rings. The van der Waals surface area contributed by atoms with Crippen molar-refractivity contribution in [3.05, 3.63) is 42.2 Å². The van der Waals surface area contributed by atoms with E-state index in [-0.39, 0.29) is 30.4 Å². The van der Waals surface area contributed by atoms with Gasteiger partial charge in [-0.25, -0.2) is 17.9 Å². The molecule has 124 valence electrons. The van der Waals surface area contributed by atoms with Crippen molar-refractivity contribution in [2.45, 2.75) is 6.92 Å². The van der Waals surface area contributed by atoms with Gasteiger partial charge in [0.1, 0.15) is 6.61 Å². The SMILES string of the molecule is CCOC(=O)c1nn(-c2ccccc2)cc1OCCS(C)(=O)=O. The predicted molar refractivity (Wildman–Crippen MR) is 84.7 cm³/mol.